The van der Waals surface area contributed by atoms with Crippen LogP contribution in [0, 0.1) is 18.6 Å². The average Bonchev–Trinajstić information content (AvgIpc) is 3.00. The first-order valence-electron chi connectivity index (χ1n) is 7.70. The van der Waals surface area contributed by atoms with Crippen LogP contribution in [0.1, 0.15) is 21.8 Å². The maximum Gasteiger partial charge on any atom is 0.232 e. The van der Waals surface area contributed by atoms with Crippen molar-refractivity contribution in [3.63, 3.8) is 0 Å². The van der Waals surface area contributed by atoms with Gasteiger partial charge in [-0.05, 0) is 37.3 Å². The van der Waals surface area contributed by atoms with Crippen molar-refractivity contribution in [1.82, 2.24) is 4.98 Å². The number of methoxy groups -OCH3 is 1. The van der Waals surface area contributed by atoms with Crippen LogP contribution in [0.4, 0.5) is 8.78 Å². The van der Waals surface area contributed by atoms with E-state index in [1.165, 1.54) is 19.2 Å². The molecule has 0 unspecified atom stereocenters. The third-order valence-electron chi connectivity index (χ3n) is 3.76. The van der Waals surface area contributed by atoms with Crippen LogP contribution in [0.25, 0.3) is 11.5 Å². The molecule has 0 amide bonds. The molecule has 1 heterocycles. The highest BCUT2D eigenvalue weighted by Gasteiger charge is 2.19. The number of ether oxygens (including phenoxy) is 2. The van der Waals surface area contributed by atoms with Gasteiger partial charge in [0, 0.05) is 5.56 Å². The molecule has 3 aromatic rings. The average molecular weight is 359 g/mol. The van der Waals surface area contributed by atoms with Crippen molar-refractivity contribution < 1.29 is 27.5 Å². The number of aryl methyl sites for hydroxylation is 1. The highest BCUT2D eigenvalue weighted by Crippen LogP contribution is 2.30. The molecule has 0 atom stereocenters. The Morgan fingerprint density at radius 2 is 1.88 bits per heavy atom. The van der Waals surface area contributed by atoms with Gasteiger partial charge in [0.05, 0.1) is 7.11 Å². The van der Waals surface area contributed by atoms with Gasteiger partial charge in [-0.25, -0.2) is 13.8 Å². The van der Waals surface area contributed by atoms with E-state index >= 15 is 0 Å². The third kappa shape index (κ3) is 3.42. The van der Waals surface area contributed by atoms with E-state index in [-0.39, 0.29) is 18.1 Å². The van der Waals surface area contributed by atoms with E-state index in [1.807, 2.05) is 0 Å². The molecular weight excluding hydrogens is 344 g/mol. The first kappa shape index (κ1) is 17.6. The summed E-state index contributed by atoms with van der Waals surface area (Å²) in [4.78, 5) is 15.0. The lowest BCUT2D eigenvalue weighted by atomic mass is 10.2. The van der Waals surface area contributed by atoms with Crippen molar-refractivity contribution in [2.24, 2.45) is 0 Å². The van der Waals surface area contributed by atoms with Crippen molar-refractivity contribution in [2.75, 3.05) is 7.11 Å². The van der Waals surface area contributed by atoms with Crippen LogP contribution in [0.3, 0.4) is 0 Å². The van der Waals surface area contributed by atoms with Gasteiger partial charge in [0.15, 0.2) is 11.5 Å². The molecule has 0 N–H and O–H groups in total. The Balaban J connectivity index is 1.84. The van der Waals surface area contributed by atoms with Crippen LogP contribution in [0.15, 0.2) is 40.8 Å². The van der Waals surface area contributed by atoms with Crippen molar-refractivity contribution in [3.8, 4) is 23.0 Å². The zero-order chi connectivity index (χ0) is 18.7. The summed E-state index contributed by atoms with van der Waals surface area (Å²) in [5.74, 6) is -0.504. The Bertz CT molecular complexity index is 932. The largest absolute Gasteiger partial charge is 0.493 e. The van der Waals surface area contributed by atoms with Gasteiger partial charge < -0.3 is 13.9 Å². The SMILES string of the molecule is COc1cc(C=O)ccc1OCc1nc(-c2c(F)cccc2F)oc1C. The summed E-state index contributed by atoms with van der Waals surface area (Å²) in [7, 11) is 1.46. The van der Waals surface area contributed by atoms with E-state index in [4.69, 9.17) is 13.9 Å². The number of carbonyl (C=O) groups excluding carboxylic acids is 1. The number of hydrogen-bond acceptors (Lipinski definition) is 5. The third-order valence-corrected chi connectivity index (χ3v) is 3.76. The Morgan fingerprint density at radius 3 is 2.54 bits per heavy atom. The minimum absolute atomic E-state index is 0.00218. The van der Waals surface area contributed by atoms with Crippen LogP contribution in [0.5, 0.6) is 11.5 Å². The number of hydrogen-bond donors (Lipinski definition) is 0. The number of halogens is 2. The Morgan fingerprint density at radius 1 is 1.15 bits per heavy atom. The minimum atomic E-state index is -0.759. The van der Waals surface area contributed by atoms with Crippen LogP contribution in [-0.4, -0.2) is 18.4 Å². The smallest absolute Gasteiger partial charge is 0.232 e. The fourth-order valence-corrected chi connectivity index (χ4v) is 2.39. The standard InChI is InChI=1S/C19H15F2NO4/c1-11-15(10-25-16-7-6-12(9-23)8-17(16)24-2)22-19(26-11)18-13(20)4-3-5-14(18)21/h3-9H,10H2,1-2H3. The van der Waals surface area contributed by atoms with E-state index in [1.54, 1.807) is 19.1 Å². The molecule has 3 rings (SSSR count). The lowest BCUT2D eigenvalue weighted by molar-refractivity contribution is 0.112. The highest BCUT2D eigenvalue weighted by atomic mass is 19.1. The molecule has 1 aromatic heterocycles. The lowest BCUT2D eigenvalue weighted by Crippen LogP contribution is -2.00. The fourth-order valence-electron chi connectivity index (χ4n) is 2.39. The number of aromatic nitrogens is 1. The Kier molecular flexibility index (Phi) is 4.97. The van der Waals surface area contributed by atoms with Crippen molar-refractivity contribution in [2.45, 2.75) is 13.5 Å². The van der Waals surface area contributed by atoms with E-state index in [9.17, 15) is 13.6 Å². The zero-order valence-corrected chi connectivity index (χ0v) is 14.1. The van der Waals surface area contributed by atoms with Crippen LogP contribution >= 0.6 is 0 Å². The number of benzene rings is 2. The molecule has 0 bridgehead atoms. The fraction of sp³-hybridized carbons (Fsp3) is 0.158. The molecule has 0 fully saturated rings. The van der Waals surface area contributed by atoms with Gasteiger partial charge in [0.1, 0.15) is 41.5 Å². The number of aldehydes is 1. The second-order valence-electron chi connectivity index (χ2n) is 5.44. The van der Waals surface area contributed by atoms with E-state index in [2.05, 4.69) is 4.98 Å². The first-order chi connectivity index (χ1) is 12.5. The van der Waals surface area contributed by atoms with Gasteiger partial charge in [-0.1, -0.05) is 6.07 Å². The summed E-state index contributed by atoms with van der Waals surface area (Å²) in [5.41, 5.74) is 0.517. The van der Waals surface area contributed by atoms with Gasteiger partial charge in [-0.3, -0.25) is 4.79 Å². The van der Waals surface area contributed by atoms with Gasteiger partial charge >= 0.3 is 0 Å². The second-order valence-corrected chi connectivity index (χ2v) is 5.44. The normalized spacial score (nSPS) is 10.6. The summed E-state index contributed by atoms with van der Waals surface area (Å²) < 4.78 is 44.0. The number of oxazole rings is 1. The molecule has 0 spiro atoms. The molecule has 134 valence electrons. The molecule has 26 heavy (non-hydrogen) atoms. The zero-order valence-electron chi connectivity index (χ0n) is 14.1. The van der Waals surface area contributed by atoms with Gasteiger partial charge in [-0.2, -0.15) is 0 Å². The minimum Gasteiger partial charge on any atom is -0.493 e. The van der Waals surface area contributed by atoms with Crippen LogP contribution < -0.4 is 9.47 Å². The lowest BCUT2D eigenvalue weighted by Gasteiger charge is -2.10. The molecule has 0 aliphatic carbocycles. The molecule has 0 saturated heterocycles. The Hall–Kier alpha value is -3.22. The molecule has 5 nitrogen and oxygen atoms in total. The second kappa shape index (κ2) is 7.35. The Labute approximate surface area is 148 Å². The van der Waals surface area contributed by atoms with Crippen molar-refractivity contribution in [3.05, 3.63) is 65.1 Å². The van der Waals surface area contributed by atoms with E-state index < -0.39 is 11.6 Å². The molecular formula is C19H15F2NO4. The predicted molar refractivity (Wildman–Crippen MR) is 89.3 cm³/mol. The summed E-state index contributed by atoms with van der Waals surface area (Å²) in [6.45, 7) is 1.63. The summed E-state index contributed by atoms with van der Waals surface area (Å²) >= 11 is 0. The highest BCUT2D eigenvalue weighted by molar-refractivity contribution is 5.76. The maximum atomic E-state index is 13.9. The molecule has 0 aliphatic heterocycles. The van der Waals surface area contributed by atoms with Crippen LogP contribution in [-0.2, 0) is 6.61 Å². The summed E-state index contributed by atoms with van der Waals surface area (Å²) in [6.07, 6.45) is 0.698. The molecule has 0 aliphatic rings. The summed E-state index contributed by atoms with van der Waals surface area (Å²) in [5, 5.41) is 0. The quantitative estimate of drug-likeness (QED) is 0.613. The van der Waals surface area contributed by atoms with Crippen molar-refractivity contribution >= 4 is 6.29 Å². The molecule has 0 radical (unpaired) electrons. The van der Waals surface area contributed by atoms with Gasteiger partial charge in [0.2, 0.25) is 5.89 Å². The van der Waals surface area contributed by atoms with Crippen molar-refractivity contribution in [1.29, 1.82) is 0 Å². The molecule has 0 saturated carbocycles. The van der Waals surface area contributed by atoms with Gasteiger partial charge in [0.25, 0.3) is 0 Å². The topological polar surface area (TPSA) is 61.6 Å². The molecule has 2 aromatic carbocycles. The number of nitrogens with zero attached hydrogens (tertiary/aromatic N) is 1. The predicted octanol–water partition coefficient (Wildman–Crippen LogP) is 4.33. The molecule has 7 heteroatoms. The van der Waals surface area contributed by atoms with Gasteiger partial charge in [-0.15, -0.1) is 0 Å². The maximum absolute atomic E-state index is 13.9. The first-order valence-corrected chi connectivity index (χ1v) is 7.70. The number of rotatable bonds is 6. The summed E-state index contributed by atoms with van der Waals surface area (Å²) in [6, 6.07) is 8.25. The van der Waals surface area contributed by atoms with E-state index in [0.29, 0.717) is 34.8 Å². The number of carbonyl (C=O) groups is 1. The van der Waals surface area contributed by atoms with Crippen LogP contribution in [0.2, 0.25) is 0 Å². The van der Waals surface area contributed by atoms with E-state index in [0.717, 1.165) is 12.1 Å². The monoisotopic (exact) mass is 359 g/mol.